The lowest BCUT2D eigenvalue weighted by Crippen LogP contribution is -2.46. The summed E-state index contributed by atoms with van der Waals surface area (Å²) in [5.41, 5.74) is 3.29. The van der Waals surface area contributed by atoms with E-state index in [0.717, 1.165) is 29.0 Å². The van der Waals surface area contributed by atoms with Crippen LogP contribution in [-0.2, 0) is 22.4 Å². The molecule has 2 aromatic rings. The van der Waals surface area contributed by atoms with Gasteiger partial charge in [0, 0.05) is 44.4 Å². The molecule has 6 heteroatoms. The third-order valence-corrected chi connectivity index (χ3v) is 5.48. The fraction of sp³-hybridized carbons (Fsp3) is 0.435. The number of aromatic nitrogens is 1. The van der Waals surface area contributed by atoms with Crippen molar-refractivity contribution in [2.45, 2.75) is 32.6 Å². The Kier molecular flexibility index (Phi) is 7.22. The van der Waals surface area contributed by atoms with E-state index in [-0.39, 0.29) is 17.7 Å². The summed E-state index contributed by atoms with van der Waals surface area (Å²) in [5.74, 6) is 0.834. The smallest absolute Gasteiger partial charge is 0.224 e. The second-order valence-corrected chi connectivity index (χ2v) is 7.48. The first-order valence-corrected chi connectivity index (χ1v) is 10.2. The van der Waals surface area contributed by atoms with Gasteiger partial charge in [0.1, 0.15) is 5.75 Å². The van der Waals surface area contributed by atoms with E-state index in [1.54, 1.807) is 13.3 Å². The summed E-state index contributed by atoms with van der Waals surface area (Å²) < 4.78 is 5.18. The van der Waals surface area contributed by atoms with Crippen LogP contribution in [-0.4, -0.2) is 48.4 Å². The third-order valence-electron chi connectivity index (χ3n) is 5.48. The van der Waals surface area contributed by atoms with Gasteiger partial charge in [-0.15, -0.1) is 0 Å². The van der Waals surface area contributed by atoms with Crippen LogP contribution in [0.25, 0.3) is 0 Å². The number of hydrogen-bond acceptors (Lipinski definition) is 4. The molecule has 1 aliphatic rings. The zero-order chi connectivity index (χ0) is 20.6. The van der Waals surface area contributed by atoms with Gasteiger partial charge in [0.2, 0.25) is 11.8 Å². The number of benzene rings is 1. The molecule has 1 atom stereocenters. The van der Waals surface area contributed by atoms with Gasteiger partial charge in [0.05, 0.1) is 13.0 Å². The molecular formula is C23H29N3O3. The fourth-order valence-corrected chi connectivity index (χ4v) is 3.63. The maximum absolute atomic E-state index is 12.6. The minimum absolute atomic E-state index is 0.0283. The van der Waals surface area contributed by atoms with Gasteiger partial charge in [-0.25, -0.2) is 0 Å². The van der Waals surface area contributed by atoms with E-state index in [0.29, 0.717) is 38.9 Å². The van der Waals surface area contributed by atoms with Crippen molar-refractivity contribution in [3.05, 3.63) is 59.4 Å². The maximum Gasteiger partial charge on any atom is 0.224 e. The van der Waals surface area contributed by atoms with E-state index >= 15 is 0 Å². The molecule has 1 saturated heterocycles. The van der Waals surface area contributed by atoms with Crippen molar-refractivity contribution >= 4 is 11.8 Å². The summed E-state index contributed by atoms with van der Waals surface area (Å²) in [5, 5.41) is 3.02. The van der Waals surface area contributed by atoms with Gasteiger partial charge in [-0.1, -0.05) is 18.2 Å². The molecule has 1 unspecified atom stereocenters. The monoisotopic (exact) mass is 395 g/mol. The summed E-state index contributed by atoms with van der Waals surface area (Å²) in [6, 6.07) is 11.8. The second kappa shape index (κ2) is 10.0. The van der Waals surface area contributed by atoms with Gasteiger partial charge in [-0.3, -0.25) is 14.6 Å². The summed E-state index contributed by atoms with van der Waals surface area (Å²) >= 11 is 0. The molecule has 6 nitrogen and oxygen atoms in total. The molecule has 2 heterocycles. The van der Waals surface area contributed by atoms with Crippen molar-refractivity contribution in [2.75, 3.05) is 26.7 Å². The number of piperidine rings is 1. The number of carbonyl (C=O) groups is 2. The van der Waals surface area contributed by atoms with E-state index in [1.165, 1.54) is 0 Å². The molecule has 1 fully saturated rings. The first-order chi connectivity index (χ1) is 14.1. The third kappa shape index (κ3) is 5.79. The quantitative estimate of drug-likeness (QED) is 0.746. The Morgan fingerprint density at radius 3 is 2.76 bits per heavy atom. The number of aryl methyl sites for hydroxylation is 1. The minimum Gasteiger partial charge on any atom is -0.497 e. The number of amides is 2. The summed E-state index contributed by atoms with van der Waals surface area (Å²) in [6.07, 6.45) is 4.30. The van der Waals surface area contributed by atoms with Crippen LogP contribution in [0.5, 0.6) is 5.75 Å². The SMILES string of the molecule is COc1ccc(CCN2CC(C(=O)NCCc3ncccc3C)CCC2=O)cc1. The van der Waals surface area contributed by atoms with Crippen molar-refractivity contribution in [3.8, 4) is 5.75 Å². The Bertz CT molecular complexity index is 836. The molecule has 154 valence electrons. The van der Waals surface area contributed by atoms with E-state index in [1.807, 2.05) is 48.2 Å². The molecule has 3 rings (SSSR count). The second-order valence-electron chi connectivity index (χ2n) is 7.48. The molecule has 0 saturated carbocycles. The first kappa shape index (κ1) is 20.8. The number of nitrogens with one attached hydrogen (secondary N) is 1. The van der Waals surface area contributed by atoms with Crippen LogP contribution >= 0.6 is 0 Å². The maximum atomic E-state index is 12.6. The van der Waals surface area contributed by atoms with Gasteiger partial charge in [0.15, 0.2) is 0 Å². The molecule has 29 heavy (non-hydrogen) atoms. The lowest BCUT2D eigenvalue weighted by atomic mass is 9.96. The molecule has 0 spiro atoms. The first-order valence-electron chi connectivity index (χ1n) is 10.2. The van der Waals surface area contributed by atoms with E-state index in [2.05, 4.69) is 10.3 Å². The summed E-state index contributed by atoms with van der Waals surface area (Å²) in [7, 11) is 1.64. The number of nitrogens with zero attached hydrogens (tertiary/aromatic N) is 2. The molecule has 1 aromatic heterocycles. The van der Waals surface area contributed by atoms with Gasteiger partial charge >= 0.3 is 0 Å². The molecule has 0 aliphatic carbocycles. The number of methoxy groups -OCH3 is 1. The van der Waals surface area contributed by atoms with Gasteiger partial charge in [-0.2, -0.15) is 0 Å². The topological polar surface area (TPSA) is 71.5 Å². The van der Waals surface area contributed by atoms with Crippen LogP contribution in [0.4, 0.5) is 0 Å². The molecule has 2 amide bonds. The highest BCUT2D eigenvalue weighted by Crippen LogP contribution is 2.19. The van der Waals surface area contributed by atoms with Crippen molar-refractivity contribution < 1.29 is 14.3 Å². The summed E-state index contributed by atoms with van der Waals surface area (Å²) in [4.78, 5) is 31.1. The molecular weight excluding hydrogens is 366 g/mol. The van der Waals surface area contributed by atoms with Crippen LogP contribution in [0.2, 0.25) is 0 Å². The molecule has 0 radical (unpaired) electrons. The van der Waals surface area contributed by atoms with Crippen LogP contribution in [0.1, 0.15) is 29.7 Å². The number of rotatable bonds is 8. The minimum atomic E-state index is -0.145. The number of carbonyl (C=O) groups excluding carboxylic acids is 2. The normalized spacial score (nSPS) is 16.6. The Hall–Kier alpha value is -2.89. The van der Waals surface area contributed by atoms with Crippen molar-refractivity contribution in [3.63, 3.8) is 0 Å². The molecule has 1 aromatic carbocycles. The largest absolute Gasteiger partial charge is 0.497 e. The molecule has 0 bridgehead atoms. The van der Waals surface area contributed by atoms with Crippen LogP contribution in [0.3, 0.4) is 0 Å². The van der Waals surface area contributed by atoms with E-state index < -0.39 is 0 Å². The predicted molar refractivity (Wildman–Crippen MR) is 112 cm³/mol. The van der Waals surface area contributed by atoms with Crippen molar-refractivity contribution in [1.29, 1.82) is 0 Å². The lowest BCUT2D eigenvalue weighted by molar-refractivity contribution is -0.138. The molecule has 1 aliphatic heterocycles. The highest BCUT2D eigenvalue weighted by Gasteiger charge is 2.29. The number of likely N-dealkylation sites (tertiary alicyclic amines) is 1. The zero-order valence-electron chi connectivity index (χ0n) is 17.2. The number of ether oxygens (including phenoxy) is 1. The highest BCUT2D eigenvalue weighted by molar-refractivity contribution is 5.83. The Balaban J connectivity index is 1.47. The van der Waals surface area contributed by atoms with Gasteiger partial charge in [0.25, 0.3) is 0 Å². The van der Waals surface area contributed by atoms with E-state index in [4.69, 9.17) is 4.74 Å². The van der Waals surface area contributed by atoms with Crippen LogP contribution in [0.15, 0.2) is 42.6 Å². The average molecular weight is 396 g/mol. The van der Waals surface area contributed by atoms with Crippen molar-refractivity contribution in [1.82, 2.24) is 15.2 Å². The Morgan fingerprint density at radius 1 is 1.24 bits per heavy atom. The zero-order valence-corrected chi connectivity index (χ0v) is 17.2. The van der Waals surface area contributed by atoms with Crippen LogP contribution in [0, 0.1) is 12.8 Å². The number of hydrogen-bond donors (Lipinski definition) is 1. The van der Waals surface area contributed by atoms with Crippen LogP contribution < -0.4 is 10.1 Å². The van der Waals surface area contributed by atoms with E-state index in [9.17, 15) is 9.59 Å². The van der Waals surface area contributed by atoms with Crippen molar-refractivity contribution in [2.24, 2.45) is 5.92 Å². The average Bonchev–Trinajstić information content (AvgIpc) is 2.74. The number of pyridine rings is 1. The van der Waals surface area contributed by atoms with Gasteiger partial charge in [-0.05, 0) is 49.1 Å². The predicted octanol–water partition coefficient (Wildman–Crippen LogP) is 2.54. The highest BCUT2D eigenvalue weighted by atomic mass is 16.5. The van der Waals surface area contributed by atoms with Gasteiger partial charge < -0.3 is 15.0 Å². The fourth-order valence-electron chi connectivity index (χ4n) is 3.63. The lowest BCUT2D eigenvalue weighted by Gasteiger charge is -2.32. The Morgan fingerprint density at radius 2 is 2.03 bits per heavy atom. The standard InChI is InChI=1S/C23H29N3O3/c1-17-4-3-13-24-21(17)11-14-25-23(28)19-7-10-22(27)26(16-19)15-12-18-5-8-20(29-2)9-6-18/h3-6,8-9,13,19H,7,10-12,14-16H2,1-2H3,(H,25,28). The Labute approximate surface area is 172 Å². The summed E-state index contributed by atoms with van der Waals surface area (Å²) in [6.45, 7) is 3.70. The molecule has 1 N–H and O–H groups in total.